The van der Waals surface area contributed by atoms with Gasteiger partial charge in [-0.15, -0.1) is 12.4 Å². The van der Waals surface area contributed by atoms with E-state index in [-0.39, 0.29) is 30.6 Å². The van der Waals surface area contributed by atoms with E-state index in [9.17, 15) is 9.18 Å². The van der Waals surface area contributed by atoms with Gasteiger partial charge in [0.15, 0.2) is 5.13 Å². The average Bonchev–Trinajstić information content (AvgIpc) is 3.25. The molecule has 6 nitrogen and oxygen atoms in total. The van der Waals surface area contributed by atoms with E-state index < -0.39 is 0 Å². The molecule has 0 aliphatic carbocycles. The summed E-state index contributed by atoms with van der Waals surface area (Å²) < 4.78 is 24.9. The molecule has 0 atom stereocenters. The fourth-order valence-corrected chi connectivity index (χ4v) is 5.00. The van der Waals surface area contributed by atoms with Gasteiger partial charge in [0.05, 0.1) is 36.5 Å². The molecule has 1 aromatic heterocycles. The summed E-state index contributed by atoms with van der Waals surface area (Å²) in [6, 6.07) is 9.56. The maximum Gasteiger partial charge on any atom is 0.233 e. The van der Waals surface area contributed by atoms with Crippen molar-refractivity contribution in [1.29, 1.82) is 0 Å². The van der Waals surface area contributed by atoms with Crippen molar-refractivity contribution in [2.24, 2.45) is 0 Å². The van der Waals surface area contributed by atoms with Crippen LogP contribution in [0.1, 0.15) is 12.0 Å². The van der Waals surface area contributed by atoms with Crippen molar-refractivity contribution in [2.45, 2.75) is 12.8 Å². The Morgan fingerprint density at radius 3 is 2.67 bits per heavy atom. The minimum atomic E-state index is -0.323. The summed E-state index contributed by atoms with van der Waals surface area (Å²) in [5.74, 6) is 0.204. The molecule has 0 saturated carbocycles. The highest BCUT2D eigenvalue weighted by Gasteiger charge is 2.22. The van der Waals surface area contributed by atoms with E-state index in [2.05, 4.69) is 4.90 Å². The number of anilines is 1. The van der Waals surface area contributed by atoms with Gasteiger partial charge in [0.1, 0.15) is 17.1 Å². The van der Waals surface area contributed by atoms with Gasteiger partial charge in [0.2, 0.25) is 5.91 Å². The van der Waals surface area contributed by atoms with Gasteiger partial charge in [-0.25, -0.2) is 9.37 Å². The Morgan fingerprint density at radius 1 is 1.24 bits per heavy atom. The van der Waals surface area contributed by atoms with E-state index in [4.69, 9.17) is 26.1 Å². The predicted molar refractivity (Wildman–Crippen MR) is 133 cm³/mol. The van der Waals surface area contributed by atoms with E-state index in [0.717, 1.165) is 49.5 Å². The van der Waals surface area contributed by atoms with Gasteiger partial charge in [-0.2, -0.15) is 0 Å². The van der Waals surface area contributed by atoms with Crippen LogP contribution in [0.4, 0.5) is 9.52 Å². The minimum Gasteiger partial charge on any atom is -0.494 e. The highest BCUT2D eigenvalue weighted by atomic mass is 35.5. The van der Waals surface area contributed by atoms with Crippen LogP contribution in [0.25, 0.3) is 10.2 Å². The lowest BCUT2D eigenvalue weighted by Crippen LogP contribution is -2.39. The summed E-state index contributed by atoms with van der Waals surface area (Å²) in [7, 11) is 1.58. The van der Waals surface area contributed by atoms with E-state index in [1.807, 2.05) is 0 Å². The van der Waals surface area contributed by atoms with Gasteiger partial charge in [-0.05, 0) is 36.2 Å². The van der Waals surface area contributed by atoms with Crippen molar-refractivity contribution < 1.29 is 18.7 Å². The van der Waals surface area contributed by atoms with Crippen molar-refractivity contribution in [2.75, 3.05) is 51.4 Å². The zero-order valence-corrected chi connectivity index (χ0v) is 20.6. The molecule has 1 aliphatic heterocycles. The third-order valence-electron chi connectivity index (χ3n) is 5.43. The van der Waals surface area contributed by atoms with Gasteiger partial charge in [0, 0.05) is 26.2 Å². The molecule has 3 aromatic rings. The van der Waals surface area contributed by atoms with Gasteiger partial charge in [-0.1, -0.05) is 35.1 Å². The third-order valence-corrected chi connectivity index (χ3v) is 6.97. The molecule has 10 heteroatoms. The lowest BCUT2D eigenvalue weighted by Gasteiger charge is -2.27. The molecule has 0 N–H and O–H groups in total. The van der Waals surface area contributed by atoms with Gasteiger partial charge in [-0.3, -0.25) is 14.6 Å². The van der Waals surface area contributed by atoms with Crippen LogP contribution in [-0.4, -0.2) is 62.3 Å². The average molecular weight is 514 g/mol. The van der Waals surface area contributed by atoms with Crippen LogP contribution in [0.2, 0.25) is 5.02 Å². The highest BCUT2D eigenvalue weighted by molar-refractivity contribution is 7.23. The van der Waals surface area contributed by atoms with Crippen LogP contribution in [0, 0.1) is 5.82 Å². The topological polar surface area (TPSA) is 54.9 Å². The number of halogens is 3. The van der Waals surface area contributed by atoms with Crippen LogP contribution >= 0.6 is 35.3 Å². The van der Waals surface area contributed by atoms with Crippen molar-refractivity contribution >= 4 is 56.6 Å². The minimum absolute atomic E-state index is 0. The summed E-state index contributed by atoms with van der Waals surface area (Å²) in [5, 5.41) is 1.16. The molecule has 0 spiro atoms. The van der Waals surface area contributed by atoms with Gasteiger partial charge in [0.25, 0.3) is 0 Å². The molecule has 1 amide bonds. The summed E-state index contributed by atoms with van der Waals surface area (Å²) in [6.45, 7) is 4.68. The number of ether oxygens (including phenoxy) is 2. The molecule has 1 saturated heterocycles. The number of aromatic nitrogens is 1. The number of benzene rings is 2. The lowest BCUT2D eigenvalue weighted by molar-refractivity contribution is -0.118. The molecule has 2 aromatic carbocycles. The molecule has 1 aliphatic rings. The first kappa shape index (κ1) is 25.6. The Balaban J connectivity index is 0.00000306. The molecule has 0 unspecified atom stereocenters. The number of amides is 1. The van der Waals surface area contributed by atoms with E-state index in [1.165, 1.54) is 23.5 Å². The van der Waals surface area contributed by atoms with Crippen molar-refractivity contribution in [1.82, 2.24) is 9.88 Å². The molecule has 33 heavy (non-hydrogen) atoms. The largest absolute Gasteiger partial charge is 0.494 e. The predicted octanol–water partition coefficient (Wildman–Crippen LogP) is 4.82. The number of carbonyl (C=O) groups excluding carboxylic acids is 1. The van der Waals surface area contributed by atoms with Gasteiger partial charge < -0.3 is 9.47 Å². The van der Waals surface area contributed by atoms with E-state index in [1.54, 1.807) is 36.3 Å². The summed E-state index contributed by atoms with van der Waals surface area (Å²) in [4.78, 5) is 22.1. The Hall–Kier alpha value is -1.97. The Kier molecular flexibility index (Phi) is 9.28. The van der Waals surface area contributed by atoms with Crippen molar-refractivity contribution in [3.8, 4) is 5.75 Å². The standard InChI is InChI=1S/C23H25ClFN3O3S.ClH/c1-30-19-8-7-18(24)22-21(19)26-23(32-22)28(10-2-9-27-11-13-31-14-12-27)20(29)15-16-3-5-17(25)6-4-16;/h3-8H,2,9-15H2,1H3;1H. The van der Waals surface area contributed by atoms with Gasteiger partial charge >= 0.3 is 0 Å². The highest BCUT2D eigenvalue weighted by Crippen LogP contribution is 2.38. The van der Waals surface area contributed by atoms with Crippen LogP contribution in [-0.2, 0) is 16.0 Å². The monoisotopic (exact) mass is 513 g/mol. The number of thiazole rings is 1. The number of morpholine rings is 1. The molecular weight excluding hydrogens is 488 g/mol. The summed E-state index contributed by atoms with van der Waals surface area (Å²) in [6.07, 6.45) is 0.967. The number of nitrogens with zero attached hydrogens (tertiary/aromatic N) is 3. The fourth-order valence-electron chi connectivity index (χ4n) is 3.70. The molecule has 0 radical (unpaired) electrons. The van der Waals surface area contributed by atoms with Crippen LogP contribution < -0.4 is 9.64 Å². The smallest absolute Gasteiger partial charge is 0.233 e. The molecule has 4 rings (SSSR count). The molecule has 0 bridgehead atoms. The maximum absolute atomic E-state index is 13.3. The van der Waals surface area contributed by atoms with E-state index >= 15 is 0 Å². The van der Waals surface area contributed by atoms with Crippen molar-refractivity contribution in [3.05, 3.63) is 52.8 Å². The molecule has 178 valence electrons. The molecule has 2 heterocycles. The van der Waals surface area contributed by atoms with Crippen LogP contribution in [0.5, 0.6) is 5.75 Å². The van der Waals surface area contributed by atoms with Crippen LogP contribution in [0.3, 0.4) is 0 Å². The number of rotatable bonds is 8. The number of fused-ring (bicyclic) bond motifs is 1. The number of hydrogen-bond acceptors (Lipinski definition) is 6. The quantitative estimate of drug-likeness (QED) is 0.432. The first-order valence-corrected chi connectivity index (χ1v) is 11.7. The number of hydrogen-bond donors (Lipinski definition) is 0. The lowest BCUT2D eigenvalue weighted by atomic mass is 10.1. The number of methoxy groups -OCH3 is 1. The second-order valence-electron chi connectivity index (χ2n) is 7.58. The van der Waals surface area contributed by atoms with E-state index in [0.29, 0.717) is 28.0 Å². The first-order valence-electron chi connectivity index (χ1n) is 10.5. The first-order chi connectivity index (χ1) is 15.5. The zero-order chi connectivity index (χ0) is 22.5. The fraction of sp³-hybridized carbons (Fsp3) is 0.391. The zero-order valence-electron chi connectivity index (χ0n) is 18.3. The van der Waals surface area contributed by atoms with Crippen LogP contribution in [0.15, 0.2) is 36.4 Å². The second kappa shape index (κ2) is 11.9. The number of carbonyl (C=O) groups is 1. The Morgan fingerprint density at radius 2 is 1.97 bits per heavy atom. The Labute approximate surface area is 207 Å². The second-order valence-corrected chi connectivity index (χ2v) is 8.96. The molecule has 1 fully saturated rings. The Bertz CT molecular complexity index is 1070. The van der Waals surface area contributed by atoms with Crippen molar-refractivity contribution in [3.63, 3.8) is 0 Å². The third kappa shape index (κ3) is 6.33. The SMILES string of the molecule is COc1ccc(Cl)c2sc(N(CCCN3CCOCC3)C(=O)Cc3ccc(F)cc3)nc12.Cl. The normalized spacial score (nSPS) is 14.2. The maximum atomic E-state index is 13.3. The summed E-state index contributed by atoms with van der Waals surface area (Å²) in [5.41, 5.74) is 1.40. The summed E-state index contributed by atoms with van der Waals surface area (Å²) >= 11 is 7.77. The molecular formula is C23H26Cl2FN3O3S.